The highest BCUT2D eigenvalue weighted by atomic mass is 16.5. The number of nitrogens with one attached hydrogen (secondary N) is 1. The number of ether oxygens (including phenoxy) is 1. The zero-order valence-corrected chi connectivity index (χ0v) is 18.3. The van der Waals surface area contributed by atoms with Gasteiger partial charge in [0, 0.05) is 18.8 Å². The van der Waals surface area contributed by atoms with Gasteiger partial charge in [0.25, 0.3) is 5.91 Å². The lowest BCUT2D eigenvalue weighted by atomic mass is 10.1. The second-order valence-corrected chi connectivity index (χ2v) is 7.82. The van der Waals surface area contributed by atoms with E-state index in [1.54, 1.807) is 6.20 Å². The summed E-state index contributed by atoms with van der Waals surface area (Å²) in [4.78, 5) is 27.1. The summed E-state index contributed by atoms with van der Waals surface area (Å²) in [6, 6.07) is 17.5. The van der Waals surface area contributed by atoms with Crippen molar-refractivity contribution in [2.75, 3.05) is 31.6 Å². The summed E-state index contributed by atoms with van der Waals surface area (Å²) in [5.74, 6) is -0.0817. The Labute approximate surface area is 188 Å². The molecular formula is C25H28N4O3. The van der Waals surface area contributed by atoms with Crippen molar-refractivity contribution >= 4 is 17.5 Å². The molecule has 0 radical (unpaired) electrons. The fourth-order valence-corrected chi connectivity index (χ4v) is 3.87. The van der Waals surface area contributed by atoms with E-state index in [9.17, 15) is 9.59 Å². The molecule has 0 unspecified atom stereocenters. The van der Waals surface area contributed by atoms with Crippen LogP contribution < -0.4 is 5.32 Å². The molecule has 166 valence electrons. The molecule has 1 N–H and O–H groups in total. The number of rotatable bonds is 7. The summed E-state index contributed by atoms with van der Waals surface area (Å²) >= 11 is 0. The molecule has 3 aromatic rings. The van der Waals surface area contributed by atoms with Crippen molar-refractivity contribution in [3.8, 4) is 0 Å². The van der Waals surface area contributed by atoms with Gasteiger partial charge in [-0.1, -0.05) is 49.4 Å². The van der Waals surface area contributed by atoms with Crippen molar-refractivity contribution in [2.24, 2.45) is 0 Å². The second-order valence-electron chi connectivity index (χ2n) is 7.82. The molecule has 7 heteroatoms. The molecule has 0 spiro atoms. The van der Waals surface area contributed by atoms with Gasteiger partial charge in [-0.15, -0.1) is 0 Å². The van der Waals surface area contributed by atoms with Crippen LogP contribution in [0.5, 0.6) is 0 Å². The average Bonchev–Trinajstić information content (AvgIpc) is 3.24. The Morgan fingerprint density at radius 1 is 1.00 bits per heavy atom. The topological polar surface area (TPSA) is 76.5 Å². The molecule has 4 rings (SSSR count). The molecule has 32 heavy (non-hydrogen) atoms. The normalized spacial score (nSPS) is 13.7. The lowest BCUT2D eigenvalue weighted by Crippen LogP contribution is -2.41. The highest BCUT2D eigenvalue weighted by molar-refractivity contribution is 6.05. The minimum Gasteiger partial charge on any atom is -0.378 e. The number of nitrogens with zero attached hydrogens (tertiary/aromatic N) is 3. The summed E-state index contributed by atoms with van der Waals surface area (Å²) in [6.45, 7) is 5.13. The van der Waals surface area contributed by atoms with E-state index < -0.39 is 0 Å². The van der Waals surface area contributed by atoms with Crippen LogP contribution in [0.3, 0.4) is 0 Å². The van der Waals surface area contributed by atoms with Crippen LogP contribution in [0, 0.1) is 0 Å². The molecular weight excluding hydrogens is 404 g/mol. The number of hydrogen-bond donors (Lipinski definition) is 1. The first kappa shape index (κ1) is 21.8. The Morgan fingerprint density at radius 2 is 1.72 bits per heavy atom. The second kappa shape index (κ2) is 10.2. The molecule has 0 bridgehead atoms. The lowest BCUT2D eigenvalue weighted by molar-refractivity contribution is -0.134. The van der Waals surface area contributed by atoms with Gasteiger partial charge in [-0.2, -0.15) is 5.10 Å². The van der Waals surface area contributed by atoms with Crippen LogP contribution in [0.1, 0.15) is 34.1 Å². The van der Waals surface area contributed by atoms with Gasteiger partial charge in [0.05, 0.1) is 43.6 Å². The third-order valence-electron chi connectivity index (χ3n) is 5.63. The van der Waals surface area contributed by atoms with E-state index in [1.807, 2.05) is 71.1 Å². The van der Waals surface area contributed by atoms with E-state index in [0.29, 0.717) is 56.9 Å². The predicted octanol–water partition coefficient (Wildman–Crippen LogP) is 3.15. The summed E-state index contributed by atoms with van der Waals surface area (Å²) < 4.78 is 7.18. The minimum absolute atomic E-state index is 0.100. The van der Waals surface area contributed by atoms with Gasteiger partial charge < -0.3 is 15.0 Å². The first-order valence-corrected chi connectivity index (χ1v) is 11.0. The molecule has 1 aliphatic rings. The Bertz CT molecular complexity index is 1050. The molecule has 0 saturated carbocycles. The maximum Gasteiger partial charge on any atom is 0.259 e. The smallest absolute Gasteiger partial charge is 0.259 e. The molecule has 1 aromatic heterocycles. The van der Waals surface area contributed by atoms with Gasteiger partial charge in [-0.3, -0.25) is 14.3 Å². The first-order chi connectivity index (χ1) is 15.6. The Morgan fingerprint density at radius 3 is 2.41 bits per heavy atom. The zero-order valence-electron chi connectivity index (χ0n) is 18.3. The fourth-order valence-electron chi connectivity index (χ4n) is 3.87. The third-order valence-corrected chi connectivity index (χ3v) is 5.63. The van der Waals surface area contributed by atoms with Crippen LogP contribution in [-0.4, -0.2) is 52.8 Å². The Hall–Kier alpha value is -3.45. The SMILES string of the molecule is CCc1c(C(=O)Nc2ccc(CC(=O)N3CCOCC3)cc2)cnn1Cc1ccccc1. The largest absolute Gasteiger partial charge is 0.378 e. The molecule has 2 amide bonds. The minimum atomic E-state index is -0.182. The quantitative estimate of drug-likeness (QED) is 0.622. The number of carbonyl (C=O) groups excluding carboxylic acids is 2. The number of aromatic nitrogens is 2. The van der Waals surface area contributed by atoms with Crippen molar-refractivity contribution < 1.29 is 14.3 Å². The average molecular weight is 433 g/mol. The van der Waals surface area contributed by atoms with E-state index >= 15 is 0 Å². The summed E-state index contributed by atoms with van der Waals surface area (Å²) in [7, 11) is 0. The van der Waals surface area contributed by atoms with E-state index in [0.717, 1.165) is 16.8 Å². The number of morpholine rings is 1. The molecule has 0 aliphatic carbocycles. The molecule has 2 aromatic carbocycles. The molecule has 2 heterocycles. The zero-order chi connectivity index (χ0) is 22.3. The number of hydrogen-bond acceptors (Lipinski definition) is 4. The summed E-state index contributed by atoms with van der Waals surface area (Å²) in [5.41, 5.74) is 4.23. The summed E-state index contributed by atoms with van der Waals surface area (Å²) in [5, 5.41) is 7.39. The number of amides is 2. The van der Waals surface area contributed by atoms with Crippen LogP contribution in [0.2, 0.25) is 0 Å². The van der Waals surface area contributed by atoms with Gasteiger partial charge in [-0.05, 0) is 29.7 Å². The Balaban J connectivity index is 1.39. The molecule has 7 nitrogen and oxygen atoms in total. The molecule has 1 saturated heterocycles. The van der Waals surface area contributed by atoms with Crippen LogP contribution in [0.15, 0.2) is 60.8 Å². The summed E-state index contributed by atoms with van der Waals surface area (Å²) in [6.07, 6.45) is 2.69. The number of anilines is 1. The van der Waals surface area contributed by atoms with Gasteiger partial charge in [0.1, 0.15) is 0 Å². The Kier molecular flexibility index (Phi) is 6.97. The number of benzene rings is 2. The predicted molar refractivity (Wildman–Crippen MR) is 123 cm³/mol. The van der Waals surface area contributed by atoms with Crippen molar-refractivity contribution in [1.29, 1.82) is 0 Å². The van der Waals surface area contributed by atoms with Crippen molar-refractivity contribution in [3.63, 3.8) is 0 Å². The van der Waals surface area contributed by atoms with Gasteiger partial charge in [0.2, 0.25) is 5.91 Å². The molecule has 1 aliphatic heterocycles. The highest BCUT2D eigenvalue weighted by Crippen LogP contribution is 2.16. The van der Waals surface area contributed by atoms with Crippen molar-refractivity contribution in [1.82, 2.24) is 14.7 Å². The number of carbonyl (C=O) groups is 2. The van der Waals surface area contributed by atoms with E-state index in [1.165, 1.54) is 0 Å². The van der Waals surface area contributed by atoms with Gasteiger partial charge in [-0.25, -0.2) is 0 Å². The fraction of sp³-hybridized carbons (Fsp3) is 0.320. The van der Waals surface area contributed by atoms with E-state index in [-0.39, 0.29) is 11.8 Å². The highest BCUT2D eigenvalue weighted by Gasteiger charge is 2.18. The maximum atomic E-state index is 12.9. The monoisotopic (exact) mass is 432 g/mol. The standard InChI is InChI=1S/C25H28N4O3/c1-2-23-22(17-26-29(23)18-20-6-4-3-5-7-20)25(31)27-21-10-8-19(9-11-21)16-24(30)28-12-14-32-15-13-28/h3-11,17H,2,12-16,18H2,1H3,(H,27,31). The van der Waals surface area contributed by atoms with E-state index in [2.05, 4.69) is 10.4 Å². The lowest BCUT2D eigenvalue weighted by Gasteiger charge is -2.26. The van der Waals surface area contributed by atoms with E-state index in [4.69, 9.17) is 4.74 Å². The van der Waals surface area contributed by atoms with Crippen molar-refractivity contribution in [3.05, 3.63) is 83.2 Å². The van der Waals surface area contributed by atoms with Crippen LogP contribution in [0.4, 0.5) is 5.69 Å². The van der Waals surface area contributed by atoms with Crippen LogP contribution in [0.25, 0.3) is 0 Å². The van der Waals surface area contributed by atoms with Crippen LogP contribution >= 0.6 is 0 Å². The van der Waals surface area contributed by atoms with Crippen molar-refractivity contribution in [2.45, 2.75) is 26.3 Å². The third kappa shape index (κ3) is 5.23. The van der Waals surface area contributed by atoms with Gasteiger partial charge in [0.15, 0.2) is 0 Å². The first-order valence-electron chi connectivity index (χ1n) is 11.0. The van der Waals surface area contributed by atoms with Gasteiger partial charge >= 0.3 is 0 Å². The van der Waals surface area contributed by atoms with Crippen LogP contribution in [-0.2, 0) is 28.9 Å². The maximum absolute atomic E-state index is 12.9. The molecule has 1 fully saturated rings. The molecule has 0 atom stereocenters.